The van der Waals surface area contributed by atoms with Crippen LogP contribution in [-0.2, 0) is 13.6 Å². The van der Waals surface area contributed by atoms with Gasteiger partial charge in [0.1, 0.15) is 17.1 Å². The first-order valence-corrected chi connectivity index (χ1v) is 5.92. The van der Waals surface area contributed by atoms with Crippen molar-refractivity contribution in [2.45, 2.75) is 6.54 Å². The van der Waals surface area contributed by atoms with Gasteiger partial charge in [0, 0.05) is 25.3 Å². The second-order valence-corrected chi connectivity index (χ2v) is 4.51. The summed E-state index contributed by atoms with van der Waals surface area (Å²) in [5.74, 6) is 0.913. The zero-order valence-electron chi connectivity index (χ0n) is 10.4. The van der Waals surface area contributed by atoms with Crippen LogP contribution in [0.25, 0.3) is 0 Å². The Morgan fingerprint density at radius 1 is 1.39 bits per heavy atom. The summed E-state index contributed by atoms with van der Waals surface area (Å²) in [6.45, 7) is 0.697. The van der Waals surface area contributed by atoms with Crippen molar-refractivity contribution in [3.05, 3.63) is 42.0 Å². The van der Waals surface area contributed by atoms with E-state index in [0.29, 0.717) is 11.5 Å². The molecule has 0 spiro atoms. The molecule has 0 unspecified atom stereocenters. The van der Waals surface area contributed by atoms with Crippen LogP contribution in [0.1, 0.15) is 11.4 Å². The van der Waals surface area contributed by atoms with Gasteiger partial charge < -0.3 is 10.6 Å². The minimum atomic E-state index is 0.414. The first kappa shape index (κ1) is 12.5. The van der Waals surface area contributed by atoms with Crippen LogP contribution < -0.4 is 10.6 Å². The monoisotopic (exact) mass is 261 g/mol. The Bertz CT molecular complexity index is 546. The summed E-state index contributed by atoms with van der Waals surface area (Å²) in [5, 5.41) is 4.05. The lowest BCUT2D eigenvalue weighted by Gasteiger charge is -2.18. The largest absolute Gasteiger partial charge is 0.389 e. The van der Waals surface area contributed by atoms with E-state index in [1.165, 1.54) is 0 Å². The van der Waals surface area contributed by atoms with E-state index in [-0.39, 0.29) is 0 Å². The Hall–Kier alpha value is -1.95. The Morgan fingerprint density at radius 3 is 2.56 bits per heavy atom. The second-order valence-electron chi connectivity index (χ2n) is 4.07. The SMILES string of the molecule is CN(Cc1ncnn1C)c1ccc(C(N)=S)cc1. The molecule has 94 valence electrons. The topological polar surface area (TPSA) is 60.0 Å². The first-order valence-electron chi connectivity index (χ1n) is 5.52. The fourth-order valence-corrected chi connectivity index (χ4v) is 1.78. The average molecular weight is 261 g/mol. The number of nitrogens with zero attached hydrogens (tertiary/aromatic N) is 4. The molecular weight excluding hydrogens is 246 g/mol. The first-order chi connectivity index (χ1) is 8.58. The molecule has 2 aromatic rings. The number of aryl methyl sites for hydroxylation is 1. The van der Waals surface area contributed by atoms with E-state index < -0.39 is 0 Å². The van der Waals surface area contributed by atoms with Gasteiger partial charge in [0.05, 0.1) is 6.54 Å². The molecule has 0 saturated heterocycles. The van der Waals surface area contributed by atoms with Crippen LogP contribution in [0.4, 0.5) is 5.69 Å². The van der Waals surface area contributed by atoms with Crippen molar-refractivity contribution < 1.29 is 0 Å². The van der Waals surface area contributed by atoms with Crippen molar-refractivity contribution in [2.24, 2.45) is 12.8 Å². The molecule has 0 aliphatic carbocycles. The van der Waals surface area contributed by atoms with E-state index in [4.69, 9.17) is 18.0 Å². The molecule has 0 radical (unpaired) electrons. The maximum absolute atomic E-state index is 5.57. The number of hydrogen-bond donors (Lipinski definition) is 1. The lowest BCUT2D eigenvalue weighted by Crippen LogP contribution is -2.19. The summed E-state index contributed by atoms with van der Waals surface area (Å²) in [6.07, 6.45) is 1.55. The van der Waals surface area contributed by atoms with Gasteiger partial charge in [-0.05, 0) is 24.3 Å². The number of rotatable bonds is 4. The van der Waals surface area contributed by atoms with E-state index in [1.807, 2.05) is 38.4 Å². The molecule has 0 bridgehead atoms. The molecule has 0 atom stereocenters. The van der Waals surface area contributed by atoms with E-state index in [2.05, 4.69) is 15.0 Å². The van der Waals surface area contributed by atoms with Gasteiger partial charge in [-0.15, -0.1) is 0 Å². The predicted octanol–water partition coefficient (Wildman–Crippen LogP) is 1.09. The summed E-state index contributed by atoms with van der Waals surface area (Å²) in [7, 11) is 3.89. The highest BCUT2D eigenvalue weighted by Crippen LogP contribution is 2.15. The molecule has 1 aromatic carbocycles. The molecule has 0 aliphatic heterocycles. The molecule has 18 heavy (non-hydrogen) atoms. The standard InChI is InChI=1S/C12H15N5S/c1-16(7-11-14-8-15-17(11)2)10-5-3-9(4-6-10)12(13)18/h3-6,8H,7H2,1-2H3,(H2,13,18). The minimum Gasteiger partial charge on any atom is -0.389 e. The van der Waals surface area contributed by atoms with E-state index in [1.54, 1.807) is 11.0 Å². The Kier molecular flexibility index (Phi) is 3.57. The lowest BCUT2D eigenvalue weighted by atomic mass is 10.2. The Morgan fingerprint density at radius 2 is 2.06 bits per heavy atom. The summed E-state index contributed by atoms with van der Waals surface area (Å²) < 4.78 is 1.76. The molecule has 0 saturated carbocycles. The quantitative estimate of drug-likeness (QED) is 0.835. The Labute approximate surface area is 111 Å². The number of benzene rings is 1. The third-order valence-corrected chi connectivity index (χ3v) is 3.01. The van der Waals surface area contributed by atoms with Crippen LogP contribution in [0.3, 0.4) is 0 Å². The molecule has 2 rings (SSSR count). The third-order valence-electron chi connectivity index (χ3n) is 2.78. The van der Waals surface area contributed by atoms with Gasteiger partial charge in [-0.25, -0.2) is 4.98 Å². The van der Waals surface area contributed by atoms with Crippen molar-refractivity contribution >= 4 is 22.9 Å². The van der Waals surface area contributed by atoms with Crippen LogP contribution in [0.5, 0.6) is 0 Å². The van der Waals surface area contributed by atoms with Crippen LogP contribution in [0.2, 0.25) is 0 Å². The number of hydrogen-bond acceptors (Lipinski definition) is 4. The molecule has 0 amide bonds. The fourth-order valence-electron chi connectivity index (χ4n) is 1.65. The highest BCUT2D eigenvalue weighted by atomic mass is 32.1. The van der Waals surface area contributed by atoms with Crippen LogP contribution in [0.15, 0.2) is 30.6 Å². The van der Waals surface area contributed by atoms with E-state index in [9.17, 15) is 0 Å². The summed E-state index contributed by atoms with van der Waals surface area (Å²) in [5.41, 5.74) is 7.52. The average Bonchev–Trinajstić information content (AvgIpc) is 2.75. The third kappa shape index (κ3) is 2.65. The van der Waals surface area contributed by atoms with Crippen molar-refractivity contribution in [1.82, 2.24) is 14.8 Å². The predicted molar refractivity (Wildman–Crippen MR) is 75.4 cm³/mol. The van der Waals surface area contributed by atoms with Gasteiger partial charge in [0.2, 0.25) is 0 Å². The zero-order chi connectivity index (χ0) is 13.1. The van der Waals surface area contributed by atoms with Gasteiger partial charge in [-0.3, -0.25) is 4.68 Å². The molecule has 6 heteroatoms. The van der Waals surface area contributed by atoms with Crippen molar-refractivity contribution in [3.8, 4) is 0 Å². The smallest absolute Gasteiger partial charge is 0.146 e. The molecular formula is C12H15N5S. The Balaban J connectivity index is 2.12. The van der Waals surface area contributed by atoms with Crippen LogP contribution >= 0.6 is 12.2 Å². The highest BCUT2D eigenvalue weighted by molar-refractivity contribution is 7.80. The maximum Gasteiger partial charge on any atom is 0.146 e. The summed E-state index contributed by atoms with van der Waals surface area (Å²) >= 11 is 4.92. The highest BCUT2D eigenvalue weighted by Gasteiger charge is 2.06. The number of aromatic nitrogens is 3. The number of nitrogens with two attached hydrogens (primary N) is 1. The zero-order valence-corrected chi connectivity index (χ0v) is 11.2. The fraction of sp³-hybridized carbons (Fsp3) is 0.250. The van der Waals surface area contributed by atoms with E-state index in [0.717, 1.165) is 17.1 Å². The molecule has 1 heterocycles. The number of thiocarbonyl (C=S) groups is 1. The van der Waals surface area contributed by atoms with Gasteiger partial charge in [-0.2, -0.15) is 5.10 Å². The van der Waals surface area contributed by atoms with Gasteiger partial charge in [0.15, 0.2) is 0 Å². The molecule has 5 nitrogen and oxygen atoms in total. The van der Waals surface area contributed by atoms with Gasteiger partial charge in [-0.1, -0.05) is 12.2 Å². The molecule has 0 fully saturated rings. The van der Waals surface area contributed by atoms with Crippen molar-refractivity contribution in [1.29, 1.82) is 0 Å². The van der Waals surface area contributed by atoms with Gasteiger partial charge in [0.25, 0.3) is 0 Å². The van der Waals surface area contributed by atoms with Crippen LogP contribution in [-0.4, -0.2) is 26.8 Å². The lowest BCUT2D eigenvalue weighted by molar-refractivity contribution is 0.688. The van der Waals surface area contributed by atoms with Crippen molar-refractivity contribution in [3.63, 3.8) is 0 Å². The normalized spacial score (nSPS) is 10.3. The minimum absolute atomic E-state index is 0.414. The second kappa shape index (κ2) is 5.14. The number of anilines is 1. The van der Waals surface area contributed by atoms with E-state index >= 15 is 0 Å². The molecule has 1 aromatic heterocycles. The van der Waals surface area contributed by atoms with Gasteiger partial charge >= 0.3 is 0 Å². The molecule has 2 N–H and O–H groups in total. The summed E-state index contributed by atoms with van der Waals surface area (Å²) in [4.78, 5) is 6.70. The van der Waals surface area contributed by atoms with Crippen molar-refractivity contribution in [2.75, 3.05) is 11.9 Å². The molecule has 0 aliphatic rings. The summed E-state index contributed by atoms with van der Waals surface area (Å²) in [6, 6.07) is 7.82. The van der Waals surface area contributed by atoms with Crippen LogP contribution in [0, 0.1) is 0 Å². The maximum atomic E-state index is 5.57.